The van der Waals surface area contributed by atoms with E-state index in [-0.39, 0.29) is 15.6 Å². The zero-order valence-corrected chi connectivity index (χ0v) is 10.3. The first-order chi connectivity index (χ1) is 7.13. The quantitative estimate of drug-likeness (QED) is 0.772. The lowest BCUT2D eigenvalue weighted by atomic mass is 10.2. The van der Waals surface area contributed by atoms with Crippen LogP contribution in [0.2, 0.25) is 10.0 Å². The number of benzene rings is 1. The summed E-state index contributed by atoms with van der Waals surface area (Å²) >= 11 is 11.1. The zero-order valence-electron chi connectivity index (χ0n) is 8.02. The van der Waals surface area contributed by atoms with Gasteiger partial charge < -0.3 is 5.11 Å². The Bertz CT molecular complexity index is 455. The molecule has 90 valence electrons. The van der Waals surface area contributed by atoms with Gasteiger partial charge in [-0.1, -0.05) is 29.3 Å². The Labute approximate surface area is 102 Å². The minimum absolute atomic E-state index is 0.0455. The average molecular weight is 287 g/mol. The Morgan fingerprint density at radius 2 is 1.56 bits per heavy atom. The average Bonchev–Trinajstić information content (AvgIpc) is 1.99. The molecular weight excluding hydrogens is 279 g/mol. The van der Waals surface area contributed by atoms with E-state index in [4.69, 9.17) is 32.9 Å². The van der Waals surface area contributed by atoms with E-state index in [0.29, 0.717) is 6.26 Å². The van der Waals surface area contributed by atoms with Crippen LogP contribution >= 0.6 is 23.2 Å². The summed E-state index contributed by atoms with van der Waals surface area (Å²) in [5.41, 5.74) is -0.0455. The van der Waals surface area contributed by atoms with Gasteiger partial charge in [-0.15, -0.1) is 0 Å². The van der Waals surface area contributed by atoms with Crippen molar-refractivity contribution < 1.29 is 22.9 Å². The van der Waals surface area contributed by atoms with Crippen molar-refractivity contribution in [2.45, 2.75) is 0 Å². The van der Waals surface area contributed by atoms with E-state index in [0.717, 1.165) is 0 Å². The molecule has 0 atom stereocenters. The second-order valence-corrected chi connectivity index (χ2v) is 4.92. The van der Waals surface area contributed by atoms with Gasteiger partial charge in [-0.25, -0.2) is 4.79 Å². The third-order valence-electron chi connectivity index (χ3n) is 1.18. The summed E-state index contributed by atoms with van der Waals surface area (Å²) in [6, 6.07) is 4.56. The summed E-state index contributed by atoms with van der Waals surface area (Å²) in [6.45, 7) is 0. The van der Waals surface area contributed by atoms with Gasteiger partial charge in [-0.2, -0.15) is 8.42 Å². The fourth-order valence-electron chi connectivity index (χ4n) is 0.702. The van der Waals surface area contributed by atoms with Crippen LogP contribution in [0, 0.1) is 0 Å². The molecule has 0 radical (unpaired) electrons. The van der Waals surface area contributed by atoms with Crippen molar-refractivity contribution in [3.63, 3.8) is 0 Å². The second kappa shape index (κ2) is 6.05. The predicted molar refractivity (Wildman–Crippen MR) is 60.9 cm³/mol. The third kappa shape index (κ3) is 6.62. The van der Waals surface area contributed by atoms with Crippen LogP contribution in [-0.4, -0.2) is 30.3 Å². The van der Waals surface area contributed by atoms with Crippen LogP contribution in [0.1, 0.15) is 10.4 Å². The van der Waals surface area contributed by atoms with Crippen LogP contribution in [0.25, 0.3) is 0 Å². The molecule has 0 aromatic heterocycles. The molecule has 0 aliphatic heterocycles. The minimum Gasteiger partial charge on any atom is -0.478 e. The Balaban J connectivity index is 0.000000385. The van der Waals surface area contributed by atoms with Crippen molar-refractivity contribution in [3.05, 3.63) is 33.8 Å². The number of rotatable bonds is 1. The zero-order chi connectivity index (χ0) is 12.9. The number of hydrogen-bond donors (Lipinski definition) is 2. The van der Waals surface area contributed by atoms with E-state index >= 15 is 0 Å². The maximum atomic E-state index is 10.5. The molecule has 0 heterocycles. The highest BCUT2D eigenvalue weighted by Crippen LogP contribution is 2.23. The van der Waals surface area contributed by atoms with E-state index in [1.807, 2.05) is 0 Å². The summed E-state index contributed by atoms with van der Waals surface area (Å²) in [4.78, 5) is 10.5. The van der Waals surface area contributed by atoms with Crippen molar-refractivity contribution in [1.82, 2.24) is 0 Å². The molecule has 1 rings (SSSR count). The van der Waals surface area contributed by atoms with Gasteiger partial charge in [0.2, 0.25) is 0 Å². The summed E-state index contributed by atoms with van der Waals surface area (Å²) in [6.07, 6.45) is 0.715. The molecule has 0 amide bonds. The number of carbonyl (C=O) groups is 1. The van der Waals surface area contributed by atoms with Gasteiger partial charge in [-0.3, -0.25) is 4.55 Å². The largest absolute Gasteiger partial charge is 0.478 e. The van der Waals surface area contributed by atoms with E-state index in [1.165, 1.54) is 12.1 Å². The second-order valence-electron chi connectivity index (χ2n) is 2.63. The molecule has 16 heavy (non-hydrogen) atoms. The normalized spacial score (nSPS) is 10.2. The number of carboxylic acids is 1. The molecule has 0 aliphatic rings. The highest BCUT2D eigenvalue weighted by atomic mass is 35.5. The lowest BCUT2D eigenvalue weighted by Gasteiger charge is -1.98. The molecule has 0 saturated heterocycles. The molecule has 5 nitrogen and oxygen atoms in total. The Kier molecular flexibility index (Phi) is 5.74. The molecule has 1 aromatic rings. The van der Waals surface area contributed by atoms with Gasteiger partial charge in [0.25, 0.3) is 10.1 Å². The predicted octanol–water partition coefficient (Wildman–Crippen LogP) is 2.20. The standard InChI is InChI=1S/C7H4Cl2O2.CH4O3S/c8-4-2-1-3-5(9)6(4)7(10)11;1-5(2,3)4/h1-3H,(H,10,11);1H3,(H,2,3,4). The first-order valence-corrected chi connectivity index (χ1v) is 6.33. The number of halogens is 2. The molecule has 2 N–H and O–H groups in total. The monoisotopic (exact) mass is 286 g/mol. The van der Waals surface area contributed by atoms with Gasteiger partial charge in [0.05, 0.1) is 21.9 Å². The lowest BCUT2D eigenvalue weighted by Crippen LogP contribution is -1.97. The van der Waals surface area contributed by atoms with Crippen LogP contribution in [0.5, 0.6) is 0 Å². The van der Waals surface area contributed by atoms with Crippen molar-refractivity contribution in [2.24, 2.45) is 0 Å². The molecule has 8 heteroatoms. The van der Waals surface area contributed by atoms with Gasteiger partial charge in [-0.05, 0) is 12.1 Å². The topological polar surface area (TPSA) is 91.7 Å². The molecule has 0 fully saturated rings. The van der Waals surface area contributed by atoms with Gasteiger partial charge >= 0.3 is 5.97 Å². The first-order valence-electron chi connectivity index (χ1n) is 3.72. The van der Waals surface area contributed by atoms with Crippen molar-refractivity contribution in [3.8, 4) is 0 Å². The van der Waals surface area contributed by atoms with E-state index in [9.17, 15) is 13.2 Å². The fraction of sp³-hybridized carbons (Fsp3) is 0.125. The van der Waals surface area contributed by atoms with Crippen LogP contribution in [0.15, 0.2) is 18.2 Å². The van der Waals surface area contributed by atoms with Crippen LogP contribution < -0.4 is 0 Å². The Morgan fingerprint density at radius 3 is 1.75 bits per heavy atom. The molecule has 0 bridgehead atoms. The van der Waals surface area contributed by atoms with Gasteiger partial charge in [0.15, 0.2) is 0 Å². The van der Waals surface area contributed by atoms with E-state index < -0.39 is 16.1 Å². The van der Waals surface area contributed by atoms with Crippen molar-refractivity contribution in [2.75, 3.05) is 6.26 Å². The maximum absolute atomic E-state index is 10.5. The third-order valence-corrected chi connectivity index (χ3v) is 1.81. The molecule has 0 unspecified atom stereocenters. The Hall–Kier alpha value is -0.820. The van der Waals surface area contributed by atoms with E-state index in [2.05, 4.69) is 0 Å². The molecule has 0 spiro atoms. The van der Waals surface area contributed by atoms with Crippen LogP contribution in [0.4, 0.5) is 0 Å². The molecule has 0 aliphatic carbocycles. The number of hydrogen-bond acceptors (Lipinski definition) is 3. The summed E-state index contributed by atoms with van der Waals surface area (Å²) in [5.74, 6) is -1.11. The summed E-state index contributed by atoms with van der Waals surface area (Å²) in [5, 5.41) is 8.89. The summed E-state index contributed by atoms with van der Waals surface area (Å²) < 4.78 is 25.9. The summed E-state index contributed by atoms with van der Waals surface area (Å²) in [7, 11) is -3.67. The van der Waals surface area contributed by atoms with Crippen LogP contribution in [-0.2, 0) is 10.1 Å². The SMILES string of the molecule is CS(=O)(=O)O.O=C(O)c1c(Cl)cccc1Cl. The van der Waals surface area contributed by atoms with Crippen molar-refractivity contribution >= 4 is 39.3 Å². The first kappa shape index (κ1) is 15.2. The maximum Gasteiger partial charge on any atom is 0.338 e. The smallest absolute Gasteiger partial charge is 0.338 e. The highest BCUT2D eigenvalue weighted by molar-refractivity contribution is 7.85. The van der Waals surface area contributed by atoms with Crippen molar-refractivity contribution in [1.29, 1.82) is 0 Å². The number of carboxylic acid groups (broad SMARTS) is 1. The van der Waals surface area contributed by atoms with Gasteiger partial charge in [0.1, 0.15) is 0 Å². The van der Waals surface area contributed by atoms with Gasteiger partial charge in [0, 0.05) is 0 Å². The fourth-order valence-corrected chi connectivity index (χ4v) is 1.26. The highest BCUT2D eigenvalue weighted by Gasteiger charge is 2.11. The lowest BCUT2D eigenvalue weighted by molar-refractivity contribution is 0.0697. The number of aromatic carboxylic acids is 1. The molecule has 1 aromatic carbocycles. The Morgan fingerprint density at radius 1 is 1.25 bits per heavy atom. The van der Waals surface area contributed by atoms with E-state index in [1.54, 1.807) is 6.07 Å². The molecular formula is C8H8Cl2O5S. The minimum atomic E-state index is -3.67. The molecule has 0 saturated carbocycles. The van der Waals surface area contributed by atoms with Crippen LogP contribution in [0.3, 0.4) is 0 Å².